The predicted molar refractivity (Wildman–Crippen MR) is 124 cm³/mol. The minimum atomic E-state index is -0.834. The molecule has 1 saturated carbocycles. The number of rotatable bonds is 5. The number of hydrogen-bond acceptors (Lipinski definition) is 7. The fraction of sp³-hybridized carbons (Fsp3) is 0.565. The van der Waals surface area contributed by atoms with Gasteiger partial charge in [0.15, 0.2) is 17.0 Å². The Bertz CT molecular complexity index is 1140. The molecule has 10 heteroatoms. The number of aromatic nitrogens is 6. The Kier molecular flexibility index (Phi) is 5.82. The van der Waals surface area contributed by atoms with Crippen LogP contribution in [0.5, 0.6) is 0 Å². The summed E-state index contributed by atoms with van der Waals surface area (Å²) in [6.07, 6.45) is 10.7. The normalized spacial score (nSPS) is 21.6. The van der Waals surface area contributed by atoms with Gasteiger partial charge in [-0.25, -0.2) is 29.7 Å². The van der Waals surface area contributed by atoms with Crippen molar-refractivity contribution in [2.45, 2.75) is 71.0 Å². The predicted octanol–water partition coefficient (Wildman–Crippen LogP) is 3.72. The second-order valence-electron chi connectivity index (χ2n) is 9.00. The van der Waals surface area contributed by atoms with Gasteiger partial charge in [0.05, 0.1) is 17.6 Å². The first-order valence-electron chi connectivity index (χ1n) is 11.8. The fourth-order valence-electron chi connectivity index (χ4n) is 5.50. The molecule has 4 heterocycles. The zero-order chi connectivity index (χ0) is 22.9. The van der Waals surface area contributed by atoms with E-state index in [1.54, 1.807) is 23.6 Å². The molecule has 2 N–H and O–H groups in total. The van der Waals surface area contributed by atoms with E-state index in [9.17, 15) is 9.90 Å². The lowest BCUT2D eigenvalue weighted by Gasteiger charge is -2.36. The number of nitrogens with one attached hydrogen (secondary N) is 1. The van der Waals surface area contributed by atoms with Crippen molar-refractivity contribution in [2.75, 3.05) is 11.9 Å². The van der Waals surface area contributed by atoms with Crippen molar-refractivity contribution in [3.05, 3.63) is 24.5 Å². The Morgan fingerprint density at radius 2 is 1.88 bits per heavy atom. The van der Waals surface area contributed by atoms with Gasteiger partial charge in [0.2, 0.25) is 0 Å². The van der Waals surface area contributed by atoms with Crippen LogP contribution in [0.15, 0.2) is 18.7 Å². The van der Waals surface area contributed by atoms with E-state index < -0.39 is 6.09 Å². The third-order valence-electron chi connectivity index (χ3n) is 7.04. The van der Waals surface area contributed by atoms with Gasteiger partial charge in [-0.3, -0.25) is 0 Å². The topological polar surface area (TPSA) is 122 Å². The van der Waals surface area contributed by atoms with Crippen molar-refractivity contribution in [3.8, 4) is 11.4 Å². The van der Waals surface area contributed by atoms with Crippen LogP contribution in [0.3, 0.4) is 0 Å². The monoisotopic (exact) mass is 450 g/mol. The van der Waals surface area contributed by atoms with Crippen molar-refractivity contribution >= 4 is 23.1 Å². The molecule has 2 aliphatic rings. The lowest BCUT2D eigenvalue weighted by Crippen LogP contribution is -2.47. The van der Waals surface area contributed by atoms with Gasteiger partial charge < -0.3 is 19.9 Å². The van der Waals surface area contributed by atoms with Crippen molar-refractivity contribution in [1.82, 2.24) is 34.4 Å². The highest BCUT2D eigenvalue weighted by atomic mass is 16.4. The van der Waals surface area contributed by atoms with Crippen LogP contribution < -0.4 is 5.32 Å². The summed E-state index contributed by atoms with van der Waals surface area (Å²) in [7, 11) is 0. The van der Waals surface area contributed by atoms with E-state index in [0.717, 1.165) is 36.3 Å². The highest BCUT2D eigenvalue weighted by Crippen LogP contribution is 2.36. The molecule has 0 aromatic carbocycles. The molecule has 1 aliphatic carbocycles. The zero-order valence-electron chi connectivity index (χ0n) is 19.1. The quantitative estimate of drug-likeness (QED) is 0.603. The summed E-state index contributed by atoms with van der Waals surface area (Å²) in [5.41, 5.74) is 2.25. The van der Waals surface area contributed by atoms with E-state index in [2.05, 4.69) is 32.2 Å². The number of imidazole rings is 1. The van der Waals surface area contributed by atoms with Crippen molar-refractivity contribution < 1.29 is 9.90 Å². The zero-order valence-corrected chi connectivity index (χ0v) is 19.1. The Labute approximate surface area is 192 Å². The Hall–Kier alpha value is -3.30. The minimum Gasteiger partial charge on any atom is -0.465 e. The molecule has 1 saturated heterocycles. The van der Waals surface area contributed by atoms with Crippen LogP contribution in [0, 0.1) is 12.8 Å². The minimum absolute atomic E-state index is 0.000217. The number of carboxylic acid groups (broad SMARTS) is 1. The van der Waals surface area contributed by atoms with Crippen molar-refractivity contribution in [1.29, 1.82) is 0 Å². The van der Waals surface area contributed by atoms with Gasteiger partial charge in [0, 0.05) is 25.5 Å². The molecular formula is C23H30N8O2. The molecule has 2 atom stereocenters. The molecule has 0 spiro atoms. The number of carbonyl (C=O) groups is 1. The van der Waals surface area contributed by atoms with Crippen LogP contribution in [0.2, 0.25) is 0 Å². The van der Waals surface area contributed by atoms with E-state index in [1.807, 2.05) is 11.5 Å². The molecule has 5 rings (SSSR count). The molecule has 174 valence electrons. The van der Waals surface area contributed by atoms with Gasteiger partial charge in [-0.1, -0.05) is 19.3 Å². The standard InChI is InChI=1S/C23H30N8O2/c1-3-30-21(16-11-24-14(2)25-12-16)29-18-20(26-13-27-22(18)30)28-17-9-10-31(23(32)33)19(17)15-7-5-4-6-8-15/h11-13,15,17,19H,3-10H2,1-2H3,(H,32,33)(H,26,27,28). The first-order chi connectivity index (χ1) is 16.1. The third-order valence-corrected chi connectivity index (χ3v) is 7.04. The molecule has 1 amide bonds. The van der Waals surface area contributed by atoms with Crippen molar-refractivity contribution in [2.24, 2.45) is 5.92 Å². The molecule has 10 nitrogen and oxygen atoms in total. The number of amides is 1. The Morgan fingerprint density at radius 3 is 2.58 bits per heavy atom. The molecule has 3 aromatic heterocycles. The Balaban J connectivity index is 1.50. The first kappa shape index (κ1) is 21.5. The average molecular weight is 451 g/mol. The summed E-state index contributed by atoms with van der Waals surface area (Å²) in [4.78, 5) is 36.2. The van der Waals surface area contributed by atoms with Crippen LogP contribution in [0.4, 0.5) is 10.6 Å². The number of anilines is 1. The van der Waals surface area contributed by atoms with E-state index in [-0.39, 0.29) is 12.1 Å². The number of nitrogens with zero attached hydrogens (tertiary/aromatic N) is 7. The maximum Gasteiger partial charge on any atom is 0.407 e. The van der Waals surface area contributed by atoms with Crippen LogP contribution in [0.1, 0.15) is 51.3 Å². The Morgan fingerprint density at radius 1 is 1.12 bits per heavy atom. The SMILES string of the molecule is CCn1c(-c2cnc(C)nc2)nc2c(NC3CCN(C(=O)O)C3C3CCCCC3)ncnc21. The number of fused-ring (bicyclic) bond motifs is 1. The smallest absolute Gasteiger partial charge is 0.407 e. The van der Waals surface area contributed by atoms with Gasteiger partial charge in [-0.05, 0) is 39.0 Å². The summed E-state index contributed by atoms with van der Waals surface area (Å²) >= 11 is 0. The van der Waals surface area contributed by atoms with Gasteiger partial charge in [0.25, 0.3) is 0 Å². The molecule has 33 heavy (non-hydrogen) atoms. The van der Waals surface area contributed by atoms with E-state index in [0.29, 0.717) is 36.2 Å². The summed E-state index contributed by atoms with van der Waals surface area (Å²) in [6, 6.07) is -0.0497. The number of aryl methyl sites for hydroxylation is 2. The molecule has 2 unspecified atom stereocenters. The van der Waals surface area contributed by atoms with E-state index >= 15 is 0 Å². The lowest BCUT2D eigenvalue weighted by molar-refractivity contribution is 0.113. The molecule has 0 bridgehead atoms. The van der Waals surface area contributed by atoms with Gasteiger partial charge in [0.1, 0.15) is 18.0 Å². The number of hydrogen-bond donors (Lipinski definition) is 2. The molecule has 3 aromatic rings. The van der Waals surface area contributed by atoms with Gasteiger partial charge >= 0.3 is 6.09 Å². The molecule has 1 aliphatic heterocycles. The molecule has 0 radical (unpaired) electrons. The average Bonchev–Trinajstić information content (AvgIpc) is 3.42. The number of likely N-dealkylation sites (tertiary alicyclic amines) is 1. The molecular weight excluding hydrogens is 420 g/mol. The summed E-state index contributed by atoms with van der Waals surface area (Å²) in [6.45, 7) is 5.13. The van der Waals surface area contributed by atoms with Crippen LogP contribution >= 0.6 is 0 Å². The maximum atomic E-state index is 12.0. The second-order valence-corrected chi connectivity index (χ2v) is 9.00. The summed E-state index contributed by atoms with van der Waals surface area (Å²) in [5, 5.41) is 13.4. The van der Waals surface area contributed by atoms with Crippen LogP contribution in [-0.2, 0) is 6.54 Å². The second kappa shape index (κ2) is 8.92. The fourth-order valence-corrected chi connectivity index (χ4v) is 5.50. The summed E-state index contributed by atoms with van der Waals surface area (Å²) in [5.74, 6) is 2.48. The van der Waals surface area contributed by atoms with Gasteiger partial charge in [-0.2, -0.15) is 0 Å². The van der Waals surface area contributed by atoms with Crippen LogP contribution in [0.25, 0.3) is 22.6 Å². The lowest BCUT2D eigenvalue weighted by atomic mass is 9.81. The molecule has 2 fully saturated rings. The highest BCUT2D eigenvalue weighted by Gasteiger charge is 2.42. The maximum absolute atomic E-state index is 12.0. The van der Waals surface area contributed by atoms with Crippen molar-refractivity contribution in [3.63, 3.8) is 0 Å². The summed E-state index contributed by atoms with van der Waals surface area (Å²) < 4.78 is 2.03. The van der Waals surface area contributed by atoms with E-state index in [1.165, 1.54) is 19.3 Å². The largest absolute Gasteiger partial charge is 0.465 e. The first-order valence-corrected chi connectivity index (χ1v) is 11.8. The third kappa shape index (κ3) is 3.98. The van der Waals surface area contributed by atoms with Gasteiger partial charge in [-0.15, -0.1) is 0 Å². The highest BCUT2D eigenvalue weighted by molar-refractivity contribution is 5.86. The van der Waals surface area contributed by atoms with E-state index in [4.69, 9.17) is 4.98 Å². The van der Waals surface area contributed by atoms with Crippen LogP contribution in [-0.4, -0.2) is 64.2 Å².